The SMILES string of the molecule is Cc1c(NS(=O)(=O)c2cc(Cl)c(Br)s2)cccc1C(N)=O. The summed E-state index contributed by atoms with van der Waals surface area (Å²) in [5.41, 5.74) is 6.27. The van der Waals surface area contributed by atoms with Crippen LogP contribution in [0.4, 0.5) is 5.69 Å². The normalized spacial score (nSPS) is 11.4. The van der Waals surface area contributed by atoms with Gasteiger partial charge in [0.25, 0.3) is 10.0 Å². The molecule has 0 aliphatic carbocycles. The minimum Gasteiger partial charge on any atom is -0.366 e. The van der Waals surface area contributed by atoms with Gasteiger partial charge in [-0.25, -0.2) is 8.42 Å². The summed E-state index contributed by atoms with van der Waals surface area (Å²) in [6.45, 7) is 1.62. The van der Waals surface area contributed by atoms with Crippen molar-refractivity contribution in [2.24, 2.45) is 5.73 Å². The van der Waals surface area contributed by atoms with Crippen molar-refractivity contribution in [2.75, 3.05) is 4.72 Å². The topological polar surface area (TPSA) is 89.3 Å². The molecule has 1 amide bonds. The number of rotatable bonds is 4. The minimum absolute atomic E-state index is 0.0725. The third-order valence-corrected chi connectivity index (χ3v) is 7.04. The van der Waals surface area contributed by atoms with Crippen LogP contribution in [0.15, 0.2) is 32.3 Å². The number of primary amides is 1. The Kier molecular flexibility index (Phi) is 4.62. The number of thiophene rings is 1. The first-order chi connectivity index (χ1) is 9.72. The zero-order valence-electron chi connectivity index (χ0n) is 10.7. The number of benzene rings is 1. The number of anilines is 1. The van der Waals surface area contributed by atoms with Crippen LogP contribution in [0.1, 0.15) is 15.9 Å². The molecule has 21 heavy (non-hydrogen) atoms. The van der Waals surface area contributed by atoms with Crippen LogP contribution in [0, 0.1) is 6.92 Å². The highest BCUT2D eigenvalue weighted by Crippen LogP contribution is 2.35. The molecule has 0 aliphatic rings. The molecule has 0 unspecified atom stereocenters. The molecule has 0 saturated heterocycles. The number of amides is 1. The van der Waals surface area contributed by atoms with Gasteiger partial charge in [0.1, 0.15) is 4.21 Å². The molecule has 0 spiro atoms. The van der Waals surface area contributed by atoms with E-state index in [0.29, 0.717) is 20.1 Å². The lowest BCUT2D eigenvalue weighted by atomic mass is 10.1. The Balaban J connectivity index is 2.42. The molecule has 3 N–H and O–H groups in total. The van der Waals surface area contributed by atoms with E-state index in [1.54, 1.807) is 19.1 Å². The number of nitrogens with one attached hydrogen (secondary N) is 1. The summed E-state index contributed by atoms with van der Waals surface area (Å²) >= 11 is 10.0. The van der Waals surface area contributed by atoms with E-state index in [0.717, 1.165) is 11.3 Å². The fourth-order valence-corrected chi connectivity index (χ4v) is 5.19. The van der Waals surface area contributed by atoms with Gasteiger partial charge in [0, 0.05) is 5.56 Å². The average Bonchev–Trinajstić information content (AvgIpc) is 2.72. The molecule has 0 atom stereocenters. The minimum atomic E-state index is -3.78. The van der Waals surface area contributed by atoms with Gasteiger partial charge in [0.2, 0.25) is 5.91 Å². The summed E-state index contributed by atoms with van der Waals surface area (Å²) in [6, 6.07) is 6.01. The largest absolute Gasteiger partial charge is 0.366 e. The molecule has 0 bridgehead atoms. The van der Waals surface area contributed by atoms with Crippen molar-refractivity contribution in [3.8, 4) is 0 Å². The molecule has 112 valence electrons. The standard InChI is InChI=1S/C12H10BrClN2O3S2/c1-6-7(12(15)17)3-2-4-9(6)16-21(18,19)10-5-8(14)11(13)20-10/h2-5,16H,1H3,(H2,15,17). The van der Waals surface area contributed by atoms with E-state index in [-0.39, 0.29) is 9.77 Å². The molecular weight excluding hydrogens is 400 g/mol. The molecule has 9 heteroatoms. The molecular formula is C12H10BrClN2O3S2. The Morgan fingerprint density at radius 1 is 1.43 bits per heavy atom. The lowest BCUT2D eigenvalue weighted by Crippen LogP contribution is -2.16. The summed E-state index contributed by atoms with van der Waals surface area (Å²) in [4.78, 5) is 11.3. The Morgan fingerprint density at radius 3 is 2.62 bits per heavy atom. The van der Waals surface area contributed by atoms with Crippen molar-refractivity contribution in [2.45, 2.75) is 11.1 Å². The van der Waals surface area contributed by atoms with E-state index in [9.17, 15) is 13.2 Å². The van der Waals surface area contributed by atoms with Crippen molar-refractivity contribution in [1.82, 2.24) is 0 Å². The lowest BCUT2D eigenvalue weighted by Gasteiger charge is -2.11. The predicted molar refractivity (Wildman–Crippen MR) is 87.5 cm³/mol. The van der Waals surface area contributed by atoms with E-state index in [4.69, 9.17) is 17.3 Å². The first-order valence-corrected chi connectivity index (χ1v) is 9.06. The van der Waals surface area contributed by atoms with Gasteiger partial charge in [-0.3, -0.25) is 9.52 Å². The zero-order chi connectivity index (χ0) is 15.8. The second-order valence-electron chi connectivity index (χ2n) is 4.13. The third-order valence-electron chi connectivity index (χ3n) is 2.73. The van der Waals surface area contributed by atoms with Crippen LogP contribution >= 0.6 is 38.9 Å². The number of sulfonamides is 1. The van der Waals surface area contributed by atoms with Gasteiger partial charge in [-0.15, -0.1) is 11.3 Å². The van der Waals surface area contributed by atoms with Crippen molar-refractivity contribution in [3.63, 3.8) is 0 Å². The van der Waals surface area contributed by atoms with E-state index >= 15 is 0 Å². The molecule has 0 saturated carbocycles. The smallest absolute Gasteiger partial charge is 0.271 e. The molecule has 0 fully saturated rings. The van der Waals surface area contributed by atoms with Crippen LogP contribution in [0.5, 0.6) is 0 Å². The summed E-state index contributed by atoms with van der Waals surface area (Å²) < 4.78 is 27.6. The van der Waals surface area contributed by atoms with Crippen LogP contribution in [-0.2, 0) is 10.0 Å². The molecule has 0 aliphatic heterocycles. The molecule has 1 aromatic carbocycles. The molecule has 2 rings (SSSR count). The summed E-state index contributed by atoms with van der Waals surface area (Å²) in [5, 5.41) is 0.322. The quantitative estimate of drug-likeness (QED) is 0.811. The molecule has 5 nitrogen and oxygen atoms in total. The van der Waals surface area contributed by atoms with E-state index in [1.807, 2.05) is 0 Å². The highest BCUT2D eigenvalue weighted by molar-refractivity contribution is 9.11. The van der Waals surface area contributed by atoms with Gasteiger partial charge >= 0.3 is 0 Å². The van der Waals surface area contributed by atoms with E-state index < -0.39 is 15.9 Å². The molecule has 2 aromatic rings. The van der Waals surface area contributed by atoms with Gasteiger partial charge in [-0.2, -0.15) is 0 Å². The first-order valence-electron chi connectivity index (χ1n) is 5.59. The maximum atomic E-state index is 12.3. The van der Waals surface area contributed by atoms with Crippen molar-refractivity contribution >= 4 is 60.5 Å². The lowest BCUT2D eigenvalue weighted by molar-refractivity contribution is 0.0999. The fraction of sp³-hybridized carbons (Fsp3) is 0.0833. The molecule has 1 aromatic heterocycles. The number of halogens is 2. The number of nitrogens with two attached hydrogens (primary N) is 1. The highest BCUT2D eigenvalue weighted by Gasteiger charge is 2.20. The van der Waals surface area contributed by atoms with Crippen LogP contribution in [0.25, 0.3) is 0 Å². The summed E-state index contributed by atoms with van der Waals surface area (Å²) in [7, 11) is -3.78. The van der Waals surface area contributed by atoms with Crippen molar-refractivity contribution < 1.29 is 13.2 Å². The van der Waals surface area contributed by atoms with E-state index in [2.05, 4.69) is 20.7 Å². The van der Waals surface area contributed by atoms with Gasteiger partial charge in [0.05, 0.1) is 14.5 Å². The molecule has 0 radical (unpaired) electrons. The number of hydrogen-bond acceptors (Lipinski definition) is 4. The van der Waals surface area contributed by atoms with Gasteiger partial charge in [-0.05, 0) is 46.6 Å². The van der Waals surface area contributed by atoms with E-state index in [1.165, 1.54) is 12.1 Å². The van der Waals surface area contributed by atoms with Gasteiger partial charge in [0.15, 0.2) is 0 Å². The second kappa shape index (κ2) is 5.96. The Hall–Kier alpha value is -1.09. The average molecular weight is 410 g/mol. The number of carbonyl (C=O) groups excluding carboxylic acids is 1. The highest BCUT2D eigenvalue weighted by atomic mass is 79.9. The second-order valence-corrected chi connectivity index (χ2v) is 8.82. The van der Waals surface area contributed by atoms with Gasteiger partial charge < -0.3 is 5.73 Å². The Bertz CT molecular complexity index is 798. The van der Waals surface area contributed by atoms with Crippen molar-refractivity contribution in [1.29, 1.82) is 0 Å². The molecule has 1 heterocycles. The van der Waals surface area contributed by atoms with Crippen molar-refractivity contribution in [3.05, 3.63) is 44.2 Å². The number of hydrogen-bond donors (Lipinski definition) is 2. The van der Waals surface area contributed by atoms with Crippen LogP contribution in [0.2, 0.25) is 5.02 Å². The Labute approximate surface area is 139 Å². The monoisotopic (exact) mass is 408 g/mol. The summed E-state index contributed by atoms with van der Waals surface area (Å²) in [6.07, 6.45) is 0. The third kappa shape index (κ3) is 3.39. The summed E-state index contributed by atoms with van der Waals surface area (Å²) in [5.74, 6) is -0.615. The maximum absolute atomic E-state index is 12.3. The zero-order valence-corrected chi connectivity index (χ0v) is 14.7. The fourth-order valence-electron chi connectivity index (χ4n) is 1.67. The van der Waals surface area contributed by atoms with Gasteiger partial charge in [-0.1, -0.05) is 17.7 Å². The van der Waals surface area contributed by atoms with Crippen LogP contribution < -0.4 is 10.5 Å². The Morgan fingerprint density at radius 2 is 2.10 bits per heavy atom. The first kappa shape index (κ1) is 16.3. The van der Waals surface area contributed by atoms with Crippen LogP contribution in [-0.4, -0.2) is 14.3 Å². The van der Waals surface area contributed by atoms with Crippen LogP contribution in [0.3, 0.4) is 0 Å². The predicted octanol–water partition coefficient (Wildman–Crippen LogP) is 3.37. The number of carbonyl (C=O) groups is 1. The maximum Gasteiger partial charge on any atom is 0.271 e.